The molecule has 0 aromatic heterocycles. The largest absolute Gasteiger partial charge is 0.491 e. The maximum absolute atomic E-state index is 14.7. The number of piperazine rings is 1. The van der Waals surface area contributed by atoms with E-state index in [1.807, 2.05) is 73.3 Å². The molecule has 3 aromatic rings. The third-order valence-corrected chi connectivity index (χ3v) is 7.99. The van der Waals surface area contributed by atoms with E-state index in [2.05, 4.69) is 35.0 Å². The number of rotatable bonds is 7. The van der Waals surface area contributed by atoms with E-state index in [0.29, 0.717) is 28.9 Å². The molecule has 2 aliphatic heterocycles. The predicted octanol–water partition coefficient (Wildman–Crippen LogP) is 5.60. The lowest BCUT2D eigenvalue weighted by Gasteiger charge is -2.38. The lowest BCUT2D eigenvalue weighted by molar-refractivity contribution is -0.140. The number of hydrogen-bond donors (Lipinski definition) is 3. The molecule has 0 bridgehead atoms. The lowest BCUT2D eigenvalue weighted by atomic mass is 9.94. The molecule has 0 radical (unpaired) electrons. The van der Waals surface area contributed by atoms with Crippen molar-refractivity contribution in [3.8, 4) is 5.75 Å². The monoisotopic (exact) mass is 566 g/mol. The van der Waals surface area contributed by atoms with Gasteiger partial charge in [0.05, 0.1) is 18.2 Å². The second-order valence-corrected chi connectivity index (χ2v) is 11.4. The Morgan fingerprint density at radius 1 is 0.923 bits per heavy atom. The Bertz CT molecular complexity index is 1240. The van der Waals surface area contributed by atoms with Crippen molar-refractivity contribution in [2.24, 2.45) is 0 Å². The fourth-order valence-electron chi connectivity index (χ4n) is 5.51. The maximum Gasteiger partial charge on any atom is 0.262 e. The number of benzene rings is 3. The highest BCUT2D eigenvalue weighted by molar-refractivity contribution is 6.30. The van der Waals surface area contributed by atoms with Crippen LogP contribution in [0, 0.1) is 0 Å². The second-order valence-electron chi connectivity index (χ2n) is 10.5. The van der Waals surface area contributed by atoms with E-state index < -0.39 is 5.66 Å². The van der Waals surface area contributed by atoms with E-state index in [1.165, 1.54) is 0 Å². The highest BCUT2D eigenvalue weighted by Gasteiger charge is 2.54. The minimum absolute atomic E-state index is 0.0164. The summed E-state index contributed by atoms with van der Waals surface area (Å²) in [5.41, 5.74) is 2.77. The number of amides is 1. The predicted molar refractivity (Wildman–Crippen MR) is 157 cm³/mol. The molecule has 1 amide bonds. The SMILES string of the molecule is CCc1ccc(C2(C(=O)N3CCNCC3)NC(c3ccc(Cl)cc3)C(c3ccc(Cl)cc3)N2)c(OC(C)C)c1. The van der Waals surface area contributed by atoms with E-state index in [4.69, 9.17) is 27.9 Å². The van der Waals surface area contributed by atoms with E-state index in [-0.39, 0.29) is 24.1 Å². The van der Waals surface area contributed by atoms with Crippen molar-refractivity contribution in [1.29, 1.82) is 0 Å². The smallest absolute Gasteiger partial charge is 0.262 e. The summed E-state index contributed by atoms with van der Waals surface area (Å²) in [4.78, 5) is 16.6. The molecule has 6 nitrogen and oxygen atoms in total. The number of nitrogens with zero attached hydrogens (tertiary/aromatic N) is 1. The fraction of sp³-hybridized carbons (Fsp3) is 0.387. The standard InChI is InChI=1S/C31H36Cl2N4O2/c1-4-21-5-14-26(27(19-21)39-20(2)3)31(30(38)37-17-15-34-16-18-37)35-28(22-6-10-24(32)11-7-22)29(36-31)23-8-12-25(33)13-9-23/h5-14,19-20,28-29,34-36H,4,15-18H2,1-3H3. The van der Waals surface area contributed by atoms with Gasteiger partial charge in [0.15, 0.2) is 5.66 Å². The number of aryl methyl sites for hydroxylation is 1. The number of carbonyl (C=O) groups excluding carboxylic acids is 1. The van der Waals surface area contributed by atoms with Gasteiger partial charge < -0.3 is 15.0 Å². The van der Waals surface area contributed by atoms with Crippen LogP contribution in [0.3, 0.4) is 0 Å². The average Bonchev–Trinajstić information content (AvgIpc) is 3.35. The van der Waals surface area contributed by atoms with Crippen molar-refractivity contribution in [2.75, 3.05) is 26.2 Å². The molecule has 0 saturated carbocycles. The van der Waals surface area contributed by atoms with Crippen molar-refractivity contribution in [3.63, 3.8) is 0 Å². The molecule has 3 N–H and O–H groups in total. The van der Waals surface area contributed by atoms with E-state index in [9.17, 15) is 4.79 Å². The highest BCUT2D eigenvalue weighted by Crippen LogP contribution is 2.45. The molecule has 39 heavy (non-hydrogen) atoms. The van der Waals surface area contributed by atoms with Gasteiger partial charge in [-0.1, -0.05) is 66.5 Å². The van der Waals surface area contributed by atoms with Gasteiger partial charge in [0.25, 0.3) is 5.91 Å². The molecule has 0 aliphatic carbocycles. The molecule has 2 saturated heterocycles. The quantitative estimate of drug-likeness (QED) is 0.347. The number of nitrogens with one attached hydrogen (secondary N) is 3. The fourth-order valence-corrected chi connectivity index (χ4v) is 5.77. The van der Waals surface area contributed by atoms with Crippen LogP contribution in [-0.2, 0) is 16.9 Å². The Kier molecular flexibility index (Phi) is 8.50. The molecule has 2 aliphatic rings. The van der Waals surface area contributed by atoms with Gasteiger partial charge in [-0.25, -0.2) is 0 Å². The summed E-state index contributed by atoms with van der Waals surface area (Å²) in [6, 6.07) is 21.4. The van der Waals surface area contributed by atoms with E-state index in [0.717, 1.165) is 41.8 Å². The van der Waals surface area contributed by atoms with E-state index in [1.54, 1.807) is 0 Å². The summed E-state index contributed by atoms with van der Waals surface area (Å²) in [6.45, 7) is 8.92. The molecule has 8 heteroatoms. The zero-order chi connectivity index (χ0) is 27.6. The topological polar surface area (TPSA) is 65.6 Å². The summed E-state index contributed by atoms with van der Waals surface area (Å²) >= 11 is 12.5. The first-order valence-electron chi connectivity index (χ1n) is 13.7. The zero-order valence-corrected chi connectivity index (χ0v) is 24.1. The van der Waals surface area contributed by atoms with Crippen LogP contribution in [0.4, 0.5) is 0 Å². The minimum atomic E-state index is -1.22. The first-order chi connectivity index (χ1) is 18.8. The molecule has 2 fully saturated rings. The van der Waals surface area contributed by atoms with Gasteiger partial charge in [0, 0.05) is 41.8 Å². The molecule has 5 rings (SSSR count). The Morgan fingerprint density at radius 3 is 1.95 bits per heavy atom. The third-order valence-electron chi connectivity index (χ3n) is 7.48. The third kappa shape index (κ3) is 5.81. The minimum Gasteiger partial charge on any atom is -0.491 e. The van der Waals surface area contributed by atoms with Crippen molar-refractivity contribution in [2.45, 2.75) is 51.0 Å². The molecule has 2 atom stereocenters. The maximum atomic E-state index is 14.7. The number of carbonyl (C=O) groups is 1. The lowest BCUT2D eigenvalue weighted by Crippen LogP contribution is -2.61. The molecule has 0 spiro atoms. The van der Waals surface area contributed by atoms with Gasteiger partial charge in [-0.2, -0.15) is 0 Å². The first-order valence-corrected chi connectivity index (χ1v) is 14.4. The summed E-state index contributed by atoms with van der Waals surface area (Å²) in [7, 11) is 0. The average molecular weight is 568 g/mol. The summed E-state index contributed by atoms with van der Waals surface area (Å²) in [6.07, 6.45) is 0.817. The number of halogens is 2. The van der Waals surface area contributed by atoms with Crippen molar-refractivity contribution < 1.29 is 9.53 Å². The van der Waals surface area contributed by atoms with Crippen LogP contribution >= 0.6 is 23.2 Å². The Hall–Kier alpha value is -2.61. The second kappa shape index (κ2) is 11.9. The zero-order valence-electron chi connectivity index (χ0n) is 22.6. The summed E-state index contributed by atoms with van der Waals surface area (Å²) in [5.74, 6) is 0.691. The Balaban J connectivity index is 1.69. The molecule has 2 heterocycles. The van der Waals surface area contributed by atoms with Crippen LogP contribution in [0.2, 0.25) is 10.0 Å². The molecule has 3 aromatic carbocycles. The summed E-state index contributed by atoms with van der Waals surface area (Å²) in [5, 5.41) is 12.3. The highest BCUT2D eigenvalue weighted by atomic mass is 35.5. The van der Waals surface area contributed by atoms with Crippen LogP contribution in [0.15, 0.2) is 66.7 Å². The van der Waals surface area contributed by atoms with Gasteiger partial charge >= 0.3 is 0 Å². The normalized spacial score (nSPS) is 23.3. The number of hydrogen-bond acceptors (Lipinski definition) is 5. The van der Waals surface area contributed by atoms with Crippen LogP contribution < -0.4 is 20.7 Å². The summed E-state index contributed by atoms with van der Waals surface area (Å²) < 4.78 is 6.38. The first kappa shape index (κ1) is 27.9. The van der Waals surface area contributed by atoms with Crippen molar-refractivity contribution in [3.05, 3.63) is 99.0 Å². The van der Waals surface area contributed by atoms with Crippen LogP contribution in [0.25, 0.3) is 0 Å². The van der Waals surface area contributed by atoms with Crippen LogP contribution in [0.1, 0.15) is 55.1 Å². The van der Waals surface area contributed by atoms with Crippen molar-refractivity contribution in [1.82, 2.24) is 20.9 Å². The molecule has 2 unspecified atom stereocenters. The van der Waals surface area contributed by atoms with Crippen LogP contribution in [0.5, 0.6) is 5.75 Å². The molecular formula is C31H36Cl2N4O2. The van der Waals surface area contributed by atoms with Gasteiger partial charge in [0.1, 0.15) is 5.75 Å². The van der Waals surface area contributed by atoms with Gasteiger partial charge in [0.2, 0.25) is 0 Å². The Labute approximate surface area is 241 Å². The van der Waals surface area contributed by atoms with Gasteiger partial charge in [-0.15, -0.1) is 0 Å². The van der Waals surface area contributed by atoms with Gasteiger partial charge in [-0.3, -0.25) is 15.4 Å². The molecular weight excluding hydrogens is 531 g/mol. The molecule has 206 valence electrons. The van der Waals surface area contributed by atoms with E-state index >= 15 is 0 Å². The van der Waals surface area contributed by atoms with Crippen molar-refractivity contribution >= 4 is 29.1 Å². The number of ether oxygens (including phenoxy) is 1. The van der Waals surface area contributed by atoms with Crippen LogP contribution in [-0.4, -0.2) is 43.1 Å². The van der Waals surface area contributed by atoms with Gasteiger partial charge in [-0.05, 0) is 67.3 Å². The Morgan fingerprint density at radius 2 is 1.46 bits per heavy atom.